The van der Waals surface area contributed by atoms with Crippen LogP contribution in [0.25, 0.3) is 0 Å². The van der Waals surface area contributed by atoms with Crippen LogP contribution in [0.1, 0.15) is 36.2 Å². The van der Waals surface area contributed by atoms with Crippen LogP contribution >= 0.6 is 0 Å². The Morgan fingerprint density at radius 1 is 1.07 bits per heavy atom. The van der Waals surface area contributed by atoms with Crippen LogP contribution in [0.15, 0.2) is 48.5 Å². The summed E-state index contributed by atoms with van der Waals surface area (Å²) in [7, 11) is 0. The van der Waals surface area contributed by atoms with Crippen LogP contribution in [0.4, 0.5) is 4.79 Å². The maximum absolute atomic E-state index is 12.1. The van der Waals surface area contributed by atoms with E-state index in [0.717, 1.165) is 63.1 Å². The van der Waals surface area contributed by atoms with Crippen LogP contribution in [0.2, 0.25) is 0 Å². The standard InChI is InChI=1S/C23H32N4O/c1-19-7-5-10-21(25-19)11-6-15-24-23(28)26-22-13-17-27(18-14-22)16-12-20-8-3-2-4-9-20/h2-5,7-10,22H,6,11-18H2,1H3,(H2,24,26,28). The number of hydrogen-bond donors (Lipinski definition) is 2. The lowest BCUT2D eigenvalue weighted by Gasteiger charge is -2.32. The molecule has 1 aliphatic heterocycles. The molecule has 0 bridgehead atoms. The average Bonchev–Trinajstić information content (AvgIpc) is 2.72. The van der Waals surface area contributed by atoms with E-state index in [-0.39, 0.29) is 12.1 Å². The van der Waals surface area contributed by atoms with E-state index in [9.17, 15) is 4.79 Å². The Hall–Kier alpha value is -2.40. The number of likely N-dealkylation sites (tertiary alicyclic amines) is 1. The lowest BCUT2D eigenvalue weighted by molar-refractivity contribution is 0.194. The lowest BCUT2D eigenvalue weighted by atomic mass is 10.0. The Balaban J connectivity index is 1.26. The Morgan fingerprint density at radius 2 is 1.86 bits per heavy atom. The van der Waals surface area contributed by atoms with Gasteiger partial charge in [0, 0.05) is 43.6 Å². The van der Waals surface area contributed by atoms with Crippen LogP contribution in [0, 0.1) is 6.92 Å². The topological polar surface area (TPSA) is 57.3 Å². The van der Waals surface area contributed by atoms with Gasteiger partial charge in [0.15, 0.2) is 0 Å². The van der Waals surface area contributed by atoms with E-state index in [1.807, 2.05) is 25.1 Å². The maximum Gasteiger partial charge on any atom is 0.315 e. The molecule has 2 N–H and O–H groups in total. The van der Waals surface area contributed by atoms with Gasteiger partial charge in [-0.2, -0.15) is 0 Å². The first-order valence-corrected chi connectivity index (χ1v) is 10.4. The summed E-state index contributed by atoms with van der Waals surface area (Å²) in [6.45, 7) is 5.88. The van der Waals surface area contributed by atoms with Crippen LogP contribution < -0.4 is 10.6 Å². The zero-order valence-electron chi connectivity index (χ0n) is 16.9. The van der Waals surface area contributed by atoms with Crippen molar-refractivity contribution in [1.82, 2.24) is 20.5 Å². The summed E-state index contributed by atoms with van der Waals surface area (Å²) in [5.74, 6) is 0. The summed E-state index contributed by atoms with van der Waals surface area (Å²) in [4.78, 5) is 19.1. The number of carbonyl (C=O) groups excluding carboxylic acids is 1. The Bertz CT molecular complexity index is 726. The van der Waals surface area contributed by atoms with Crippen molar-refractivity contribution in [2.45, 2.75) is 45.1 Å². The second kappa shape index (κ2) is 10.8. The lowest BCUT2D eigenvalue weighted by Crippen LogP contribution is -2.48. The van der Waals surface area contributed by atoms with E-state index in [1.165, 1.54) is 5.56 Å². The minimum absolute atomic E-state index is 0.0417. The van der Waals surface area contributed by atoms with Gasteiger partial charge in [-0.1, -0.05) is 36.4 Å². The highest BCUT2D eigenvalue weighted by atomic mass is 16.2. The van der Waals surface area contributed by atoms with Gasteiger partial charge in [-0.15, -0.1) is 0 Å². The highest BCUT2D eigenvalue weighted by Crippen LogP contribution is 2.11. The maximum atomic E-state index is 12.1. The second-order valence-corrected chi connectivity index (χ2v) is 7.63. The number of nitrogens with one attached hydrogen (secondary N) is 2. The number of benzene rings is 1. The number of hydrogen-bond acceptors (Lipinski definition) is 3. The second-order valence-electron chi connectivity index (χ2n) is 7.63. The first-order valence-electron chi connectivity index (χ1n) is 10.4. The van der Waals surface area contributed by atoms with Gasteiger partial charge >= 0.3 is 6.03 Å². The van der Waals surface area contributed by atoms with Crippen molar-refractivity contribution in [2.75, 3.05) is 26.2 Å². The molecule has 0 unspecified atom stereocenters. The third-order valence-corrected chi connectivity index (χ3v) is 5.32. The quantitative estimate of drug-likeness (QED) is 0.691. The fraction of sp³-hybridized carbons (Fsp3) is 0.478. The van der Waals surface area contributed by atoms with Gasteiger partial charge in [-0.05, 0) is 56.7 Å². The van der Waals surface area contributed by atoms with E-state index >= 15 is 0 Å². The molecule has 5 heteroatoms. The molecule has 0 spiro atoms. The molecule has 2 amide bonds. The molecule has 1 aromatic heterocycles. The van der Waals surface area contributed by atoms with E-state index in [0.29, 0.717) is 6.54 Å². The molecule has 1 aliphatic rings. The molecule has 5 nitrogen and oxygen atoms in total. The number of urea groups is 1. The van der Waals surface area contributed by atoms with Crippen molar-refractivity contribution in [2.24, 2.45) is 0 Å². The van der Waals surface area contributed by atoms with Crippen molar-refractivity contribution in [3.05, 3.63) is 65.5 Å². The van der Waals surface area contributed by atoms with Gasteiger partial charge in [-0.25, -0.2) is 4.79 Å². The molecule has 0 atom stereocenters. The van der Waals surface area contributed by atoms with E-state index in [2.05, 4.69) is 50.8 Å². The van der Waals surface area contributed by atoms with E-state index in [4.69, 9.17) is 0 Å². The van der Waals surface area contributed by atoms with Crippen LogP contribution in [0.5, 0.6) is 0 Å². The molecule has 0 saturated carbocycles. The summed E-state index contributed by atoms with van der Waals surface area (Å²) in [6, 6.07) is 17.0. The first-order chi connectivity index (χ1) is 13.7. The molecular weight excluding hydrogens is 348 g/mol. The van der Waals surface area contributed by atoms with Crippen LogP contribution in [0.3, 0.4) is 0 Å². The van der Waals surface area contributed by atoms with Gasteiger partial charge in [0.05, 0.1) is 0 Å². The summed E-state index contributed by atoms with van der Waals surface area (Å²) >= 11 is 0. The fourth-order valence-electron chi connectivity index (χ4n) is 3.68. The Morgan fingerprint density at radius 3 is 2.61 bits per heavy atom. The minimum atomic E-state index is -0.0417. The molecule has 2 heterocycles. The number of nitrogens with zero attached hydrogens (tertiary/aromatic N) is 2. The number of amides is 2. The number of aromatic nitrogens is 1. The summed E-state index contributed by atoms with van der Waals surface area (Å²) in [6.07, 6.45) is 4.93. The Kier molecular flexibility index (Phi) is 7.85. The zero-order chi connectivity index (χ0) is 19.6. The molecule has 1 aromatic carbocycles. The van der Waals surface area contributed by atoms with Crippen molar-refractivity contribution < 1.29 is 4.79 Å². The van der Waals surface area contributed by atoms with E-state index < -0.39 is 0 Å². The third-order valence-electron chi connectivity index (χ3n) is 5.32. The number of carbonyl (C=O) groups is 1. The van der Waals surface area contributed by atoms with Crippen molar-refractivity contribution in [1.29, 1.82) is 0 Å². The van der Waals surface area contributed by atoms with Crippen molar-refractivity contribution in [3.8, 4) is 0 Å². The predicted octanol–water partition coefficient (Wildman–Crippen LogP) is 3.33. The molecule has 28 heavy (non-hydrogen) atoms. The molecule has 1 saturated heterocycles. The van der Waals surface area contributed by atoms with Gasteiger partial charge in [0.1, 0.15) is 0 Å². The third kappa shape index (κ3) is 6.97. The molecular formula is C23H32N4O. The molecule has 1 fully saturated rings. The van der Waals surface area contributed by atoms with Gasteiger partial charge in [0.2, 0.25) is 0 Å². The molecule has 150 valence electrons. The summed E-state index contributed by atoms with van der Waals surface area (Å²) in [5, 5.41) is 6.11. The minimum Gasteiger partial charge on any atom is -0.338 e. The first kappa shape index (κ1) is 20.3. The normalized spacial score (nSPS) is 15.3. The smallest absolute Gasteiger partial charge is 0.315 e. The number of aryl methyl sites for hydroxylation is 2. The highest BCUT2D eigenvalue weighted by Gasteiger charge is 2.20. The largest absolute Gasteiger partial charge is 0.338 e. The molecule has 0 aliphatic carbocycles. The molecule has 0 radical (unpaired) electrons. The summed E-state index contributed by atoms with van der Waals surface area (Å²) in [5.41, 5.74) is 3.52. The Labute approximate surface area is 168 Å². The molecule has 3 rings (SSSR count). The average molecular weight is 381 g/mol. The van der Waals surface area contributed by atoms with Gasteiger partial charge < -0.3 is 15.5 Å². The number of rotatable bonds is 8. The highest BCUT2D eigenvalue weighted by molar-refractivity contribution is 5.74. The number of piperidine rings is 1. The SMILES string of the molecule is Cc1cccc(CCCNC(=O)NC2CCN(CCc3ccccc3)CC2)n1. The fourth-order valence-corrected chi connectivity index (χ4v) is 3.68. The summed E-state index contributed by atoms with van der Waals surface area (Å²) < 4.78 is 0. The van der Waals surface area contributed by atoms with E-state index in [1.54, 1.807) is 0 Å². The predicted molar refractivity (Wildman–Crippen MR) is 113 cm³/mol. The van der Waals surface area contributed by atoms with Gasteiger partial charge in [-0.3, -0.25) is 4.98 Å². The van der Waals surface area contributed by atoms with Crippen LogP contribution in [-0.2, 0) is 12.8 Å². The monoisotopic (exact) mass is 380 g/mol. The zero-order valence-corrected chi connectivity index (χ0v) is 16.9. The van der Waals surface area contributed by atoms with Crippen molar-refractivity contribution >= 4 is 6.03 Å². The number of pyridine rings is 1. The molecule has 2 aromatic rings. The van der Waals surface area contributed by atoms with Crippen molar-refractivity contribution in [3.63, 3.8) is 0 Å². The van der Waals surface area contributed by atoms with Crippen LogP contribution in [-0.4, -0.2) is 48.1 Å². The van der Waals surface area contributed by atoms with Gasteiger partial charge in [0.25, 0.3) is 0 Å².